The molecule has 0 radical (unpaired) electrons. The maximum Gasteiger partial charge on any atom is 0.408 e. The smallest absolute Gasteiger partial charge is 0.408 e. The summed E-state index contributed by atoms with van der Waals surface area (Å²) in [6.45, 7) is 11.0. The molecule has 2 N–H and O–H groups in total. The molecule has 19 heavy (non-hydrogen) atoms. The van der Waals surface area contributed by atoms with Crippen LogP contribution in [0.3, 0.4) is 0 Å². The molecule has 0 spiro atoms. The average Bonchev–Trinajstić information content (AvgIpc) is 2.11. The Morgan fingerprint density at radius 2 is 1.37 bits per heavy atom. The van der Waals surface area contributed by atoms with E-state index >= 15 is 0 Å². The molecule has 0 aromatic heterocycles. The van der Waals surface area contributed by atoms with Crippen molar-refractivity contribution in [3.8, 4) is 0 Å². The first-order valence-corrected chi connectivity index (χ1v) is 6.14. The number of rotatable bonds is 3. The number of hydrogen-bond acceptors (Lipinski definition) is 5. The van der Waals surface area contributed by atoms with Crippen LogP contribution in [0, 0.1) is 0 Å². The van der Waals surface area contributed by atoms with E-state index in [0.717, 1.165) is 0 Å². The molecule has 112 valence electrons. The van der Waals surface area contributed by atoms with Gasteiger partial charge in [-0.05, 0) is 48.5 Å². The summed E-state index contributed by atoms with van der Waals surface area (Å²) in [5, 5.41) is 11.7. The van der Waals surface area contributed by atoms with E-state index in [-0.39, 0.29) is 0 Å². The molecule has 0 saturated carbocycles. The quantitative estimate of drug-likeness (QED) is 0.764. The van der Waals surface area contributed by atoms with Crippen LogP contribution in [0.2, 0.25) is 0 Å². The first-order valence-electron chi connectivity index (χ1n) is 6.14. The Morgan fingerprint density at radius 1 is 0.947 bits per heavy atom. The second-order valence-electron chi connectivity index (χ2n) is 6.62. The lowest BCUT2D eigenvalue weighted by Gasteiger charge is -2.31. The van der Waals surface area contributed by atoms with Gasteiger partial charge in [0, 0.05) is 0 Å². The maximum atomic E-state index is 12.0. The fourth-order valence-corrected chi connectivity index (χ4v) is 1.07. The molecule has 0 fully saturated rings. The van der Waals surface area contributed by atoms with E-state index < -0.39 is 35.4 Å². The minimum atomic E-state index is -1.53. The van der Waals surface area contributed by atoms with Crippen LogP contribution in [0.25, 0.3) is 0 Å². The Labute approximate surface area is 114 Å². The molecule has 1 unspecified atom stereocenters. The Bertz CT molecular complexity index is 340. The molecule has 6 nitrogen and oxygen atoms in total. The molecule has 0 aliphatic rings. The zero-order chi connectivity index (χ0) is 15.5. The standard InChI is InChI=1S/C13H25NO5/c1-11(2,3)18-9(16)13(7,8-15)14-10(17)19-12(4,5)6/h15H,8H2,1-7H3,(H,14,17). The molecule has 1 amide bonds. The predicted molar refractivity (Wildman–Crippen MR) is 70.7 cm³/mol. The summed E-state index contributed by atoms with van der Waals surface area (Å²) in [6.07, 6.45) is -0.782. The Balaban J connectivity index is 4.79. The fourth-order valence-electron chi connectivity index (χ4n) is 1.07. The number of carbonyl (C=O) groups is 2. The van der Waals surface area contributed by atoms with Crippen molar-refractivity contribution in [2.75, 3.05) is 6.61 Å². The lowest BCUT2D eigenvalue weighted by atomic mass is 10.0. The van der Waals surface area contributed by atoms with Gasteiger partial charge in [-0.1, -0.05) is 0 Å². The highest BCUT2D eigenvalue weighted by molar-refractivity contribution is 5.85. The van der Waals surface area contributed by atoms with Crippen molar-refractivity contribution in [2.45, 2.75) is 65.2 Å². The van der Waals surface area contributed by atoms with Crippen molar-refractivity contribution in [2.24, 2.45) is 0 Å². The molecule has 0 aromatic rings. The molecular weight excluding hydrogens is 250 g/mol. The van der Waals surface area contributed by atoms with Crippen LogP contribution in [-0.2, 0) is 14.3 Å². The van der Waals surface area contributed by atoms with Crippen LogP contribution in [0.5, 0.6) is 0 Å². The van der Waals surface area contributed by atoms with Gasteiger partial charge in [0.2, 0.25) is 0 Å². The molecule has 0 heterocycles. The number of aliphatic hydroxyl groups excluding tert-OH is 1. The van der Waals surface area contributed by atoms with E-state index in [1.807, 2.05) is 0 Å². The Kier molecular flexibility index (Phi) is 5.38. The van der Waals surface area contributed by atoms with E-state index in [2.05, 4.69) is 5.32 Å². The Morgan fingerprint density at radius 3 is 1.68 bits per heavy atom. The lowest BCUT2D eigenvalue weighted by molar-refractivity contribution is -0.164. The van der Waals surface area contributed by atoms with E-state index in [1.54, 1.807) is 41.5 Å². The highest BCUT2D eigenvalue weighted by Crippen LogP contribution is 2.15. The van der Waals surface area contributed by atoms with Crippen molar-refractivity contribution in [3.05, 3.63) is 0 Å². The number of amides is 1. The van der Waals surface area contributed by atoms with E-state index in [1.165, 1.54) is 6.92 Å². The molecule has 6 heteroatoms. The summed E-state index contributed by atoms with van der Waals surface area (Å²) in [5.74, 6) is -0.714. The number of hydrogen-bond donors (Lipinski definition) is 2. The van der Waals surface area contributed by atoms with Gasteiger partial charge in [0.1, 0.15) is 11.2 Å². The van der Waals surface area contributed by atoms with Gasteiger partial charge in [-0.25, -0.2) is 9.59 Å². The average molecular weight is 275 g/mol. The van der Waals surface area contributed by atoms with Crippen LogP contribution in [0.15, 0.2) is 0 Å². The van der Waals surface area contributed by atoms with Crippen molar-refractivity contribution in [1.82, 2.24) is 5.32 Å². The van der Waals surface area contributed by atoms with E-state index in [0.29, 0.717) is 0 Å². The van der Waals surface area contributed by atoms with Gasteiger partial charge >= 0.3 is 12.1 Å². The summed E-state index contributed by atoms with van der Waals surface area (Å²) in [6, 6.07) is 0. The molecule has 0 aromatic carbocycles. The largest absolute Gasteiger partial charge is 0.458 e. The van der Waals surface area contributed by atoms with Gasteiger partial charge in [-0.2, -0.15) is 0 Å². The second-order valence-corrected chi connectivity index (χ2v) is 6.62. The van der Waals surface area contributed by atoms with E-state index in [4.69, 9.17) is 9.47 Å². The van der Waals surface area contributed by atoms with E-state index in [9.17, 15) is 14.7 Å². The summed E-state index contributed by atoms with van der Waals surface area (Å²) < 4.78 is 10.2. The summed E-state index contributed by atoms with van der Waals surface area (Å²) in [7, 11) is 0. The highest BCUT2D eigenvalue weighted by Gasteiger charge is 2.39. The predicted octanol–water partition coefficient (Wildman–Crippen LogP) is 1.60. The molecular formula is C13H25NO5. The number of carbonyl (C=O) groups excluding carboxylic acids is 2. The third-order valence-electron chi connectivity index (χ3n) is 1.94. The van der Waals surface area contributed by atoms with Gasteiger partial charge in [0.25, 0.3) is 0 Å². The molecule has 0 saturated heterocycles. The minimum absolute atomic E-state index is 0.582. The number of nitrogens with one attached hydrogen (secondary N) is 1. The second kappa shape index (κ2) is 5.77. The molecule has 1 atom stereocenters. The first-order chi connectivity index (χ1) is 8.29. The zero-order valence-electron chi connectivity index (χ0n) is 12.8. The highest BCUT2D eigenvalue weighted by atomic mass is 16.6. The van der Waals surface area contributed by atoms with Crippen LogP contribution >= 0.6 is 0 Å². The number of alkyl carbamates (subject to hydrolysis) is 1. The fraction of sp³-hybridized carbons (Fsp3) is 0.846. The summed E-state index contributed by atoms with van der Waals surface area (Å²) in [5.41, 5.74) is -2.92. The van der Waals surface area contributed by atoms with Crippen LogP contribution in [0.4, 0.5) is 4.79 Å². The van der Waals surface area contributed by atoms with Gasteiger partial charge in [0.05, 0.1) is 6.61 Å². The number of ether oxygens (including phenoxy) is 2. The zero-order valence-corrected chi connectivity index (χ0v) is 12.8. The topological polar surface area (TPSA) is 84.9 Å². The number of esters is 1. The van der Waals surface area contributed by atoms with Gasteiger partial charge in [0.15, 0.2) is 5.54 Å². The monoisotopic (exact) mass is 275 g/mol. The summed E-state index contributed by atoms with van der Waals surface area (Å²) >= 11 is 0. The summed E-state index contributed by atoms with van der Waals surface area (Å²) in [4.78, 5) is 23.6. The Hall–Kier alpha value is -1.30. The van der Waals surface area contributed by atoms with Crippen molar-refractivity contribution in [3.63, 3.8) is 0 Å². The molecule has 0 rings (SSSR count). The molecule has 0 aliphatic carbocycles. The maximum absolute atomic E-state index is 12.0. The number of aliphatic hydroxyl groups is 1. The van der Waals surface area contributed by atoms with Gasteiger partial charge in [-0.3, -0.25) is 0 Å². The van der Waals surface area contributed by atoms with Crippen LogP contribution in [0.1, 0.15) is 48.5 Å². The van der Waals surface area contributed by atoms with Crippen molar-refractivity contribution >= 4 is 12.1 Å². The third-order valence-corrected chi connectivity index (χ3v) is 1.94. The molecule has 0 aliphatic heterocycles. The lowest BCUT2D eigenvalue weighted by Crippen LogP contribution is -2.57. The van der Waals surface area contributed by atoms with Crippen LogP contribution in [-0.4, -0.2) is 40.5 Å². The molecule has 0 bridgehead atoms. The minimum Gasteiger partial charge on any atom is -0.458 e. The van der Waals surface area contributed by atoms with Gasteiger partial charge < -0.3 is 19.9 Å². The van der Waals surface area contributed by atoms with Crippen LogP contribution < -0.4 is 5.32 Å². The van der Waals surface area contributed by atoms with Crippen molar-refractivity contribution < 1.29 is 24.2 Å². The SMILES string of the molecule is CC(C)(C)OC(=O)NC(C)(CO)C(=O)OC(C)(C)C. The third kappa shape index (κ3) is 7.00. The first kappa shape index (κ1) is 17.7. The van der Waals surface area contributed by atoms with Gasteiger partial charge in [-0.15, -0.1) is 0 Å². The van der Waals surface area contributed by atoms with Crippen molar-refractivity contribution in [1.29, 1.82) is 0 Å². The normalized spacial score (nSPS) is 15.4.